The highest BCUT2D eigenvalue weighted by molar-refractivity contribution is 7.13. The van der Waals surface area contributed by atoms with E-state index in [-0.39, 0.29) is 11.5 Å². The van der Waals surface area contributed by atoms with Gasteiger partial charge in [0, 0.05) is 16.6 Å². The molecule has 1 atom stereocenters. The summed E-state index contributed by atoms with van der Waals surface area (Å²) in [5.41, 5.74) is 0.706. The molecular weight excluding hydrogens is 386 g/mol. The molecule has 2 amide bonds. The van der Waals surface area contributed by atoms with Crippen molar-refractivity contribution >= 4 is 51.4 Å². The first-order valence-corrected chi connectivity index (χ1v) is 10.2. The number of hydrogen-bond acceptors (Lipinski definition) is 5. The number of anilines is 2. The summed E-state index contributed by atoms with van der Waals surface area (Å²) in [6.07, 6.45) is 6.45. The van der Waals surface area contributed by atoms with Crippen LogP contribution >= 0.6 is 22.9 Å². The van der Waals surface area contributed by atoms with Gasteiger partial charge in [-0.2, -0.15) is 0 Å². The monoisotopic (exact) mass is 403 g/mol. The highest BCUT2D eigenvalue weighted by atomic mass is 35.5. The minimum atomic E-state index is -0.754. The maximum Gasteiger partial charge on any atom is 0.300 e. The van der Waals surface area contributed by atoms with E-state index in [9.17, 15) is 14.4 Å². The molecule has 1 N–H and O–H groups in total. The minimum absolute atomic E-state index is 0.256. The molecule has 1 aliphatic carbocycles. The molecule has 6 nitrogen and oxygen atoms in total. The molecule has 1 saturated carbocycles. The van der Waals surface area contributed by atoms with E-state index in [1.165, 1.54) is 22.3 Å². The summed E-state index contributed by atoms with van der Waals surface area (Å²) in [7, 11) is 0. The fraction of sp³-hybridized carbons (Fsp3) is 0.368. The fourth-order valence-corrected chi connectivity index (χ4v) is 4.61. The number of ketones is 1. The van der Waals surface area contributed by atoms with E-state index in [4.69, 9.17) is 11.6 Å². The quantitative estimate of drug-likeness (QED) is 0.767. The number of carbonyl (C=O) groups is 3. The minimum Gasteiger partial charge on any atom is -0.300 e. The van der Waals surface area contributed by atoms with Gasteiger partial charge in [-0.05, 0) is 30.5 Å². The molecule has 0 spiro atoms. The van der Waals surface area contributed by atoms with E-state index in [1.54, 1.807) is 23.7 Å². The van der Waals surface area contributed by atoms with Gasteiger partial charge < -0.3 is 5.32 Å². The number of amides is 2. The zero-order valence-corrected chi connectivity index (χ0v) is 16.1. The number of aromatic nitrogens is 1. The number of hydrogen-bond donors (Lipinski definition) is 1. The normalized spacial score (nSPS) is 18.0. The molecule has 1 aromatic heterocycles. The molecule has 0 bridgehead atoms. The van der Waals surface area contributed by atoms with Gasteiger partial charge in [0.2, 0.25) is 5.91 Å². The maximum absolute atomic E-state index is 13.0. The largest absolute Gasteiger partial charge is 0.300 e. The number of carbonyl (C=O) groups excluding carboxylic acids is 3. The van der Waals surface area contributed by atoms with Crippen molar-refractivity contribution in [3.63, 3.8) is 0 Å². The van der Waals surface area contributed by atoms with Gasteiger partial charge in [-0.15, -0.1) is 11.3 Å². The number of rotatable bonds is 5. The summed E-state index contributed by atoms with van der Waals surface area (Å²) in [5.74, 6) is -1.26. The number of thiazole rings is 1. The van der Waals surface area contributed by atoms with Crippen LogP contribution in [0.4, 0.5) is 10.8 Å². The van der Waals surface area contributed by atoms with Gasteiger partial charge in [0.15, 0.2) is 5.13 Å². The summed E-state index contributed by atoms with van der Waals surface area (Å²) >= 11 is 7.30. The Balaban J connectivity index is 1.68. The van der Waals surface area contributed by atoms with Crippen LogP contribution in [0, 0.1) is 5.92 Å². The molecule has 8 heteroatoms. The van der Waals surface area contributed by atoms with Gasteiger partial charge in [-0.25, -0.2) is 4.98 Å². The third-order valence-corrected chi connectivity index (χ3v) is 6.11. The van der Waals surface area contributed by atoms with Gasteiger partial charge in [0.1, 0.15) is 6.04 Å². The summed E-state index contributed by atoms with van der Waals surface area (Å²) in [6.45, 7) is 0. The number of Topliss-reactive ketones (excluding diaryl/α,β-unsaturated/α-hetero) is 1. The second kappa shape index (κ2) is 7.40. The highest BCUT2D eigenvalue weighted by Crippen LogP contribution is 2.37. The SMILES string of the molecule is O=C1C(=O)N(C(CC2CCCC2)C(=O)Nc2nccs2)c2ccc(Cl)cc21. The highest BCUT2D eigenvalue weighted by Gasteiger charge is 2.43. The number of benzene rings is 1. The standard InChI is InChI=1S/C19H18ClN3O3S/c20-12-5-6-14-13(10-12)16(24)18(26)23(14)15(9-11-3-1-2-4-11)17(25)22-19-21-7-8-27-19/h5-8,10-11,15H,1-4,9H2,(H,21,22,25). The van der Waals surface area contributed by atoms with E-state index in [0.717, 1.165) is 25.7 Å². The molecule has 1 aromatic carbocycles. The third-order valence-electron chi connectivity index (χ3n) is 5.18. The molecule has 27 heavy (non-hydrogen) atoms. The van der Waals surface area contributed by atoms with Crippen LogP contribution in [0.2, 0.25) is 5.02 Å². The van der Waals surface area contributed by atoms with Crippen molar-refractivity contribution in [3.8, 4) is 0 Å². The van der Waals surface area contributed by atoms with Crippen LogP contribution in [-0.2, 0) is 9.59 Å². The van der Waals surface area contributed by atoms with Crippen molar-refractivity contribution in [3.05, 3.63) is 40.4 Å². The van der Waals surface area contributed by atoms with Crippen molar-refractivity contribution in [2.45, 2.75) is 38.1 Å². The van der Waals surface area contributed by atoms with Crippen LogP contribution in [0.3, 0.4) is 0 Å². The zero-order chi connectivity index (χ0) is 19.0. The Kier molecular flexibility index (Phi) is 4.97. The Hall–Kier alpha value is -2.25. The van der Waals surface area contributed by atoms with Crippen LogP contribution in [0.15, 0.2) is 29.8 Å². The van der Waals surface area contributed by atoms with E-state index in [2.05, 4.69) is 10.3 Å². The van der Waals surface area contributed by atoms with Crippen molar-refractivity contribution < 1.29 is 14.4 Å². The maximum atomic E-state index is 13.0. The molecule has 1 fully saturated rings. The van der Waals surface area contributed by atoms with Gasteiger partial charge >= 0.3 is 0 Å². The van der Waals surface area contributed by atoms with E-state index >= 15 is 0 Å². The zero-order valence-electron chi connectivity index (χ0n) is 14.5. The predicted molar refractivity (Wildman–Crippen MR) is 104 cm³/mol. The predicted octanol–water partition coefficient (Wildman–Crippen LogP) is 3.91. The van der Waals surface area contributed by atoms with E-state index in [0.29, 0.717) is 28.2 Å². The molecule has 0 saturated heterocycles. The van der Waals surface area contributed by atoms with Crippen LogP contribution in [0.1, 0.15) is 42.5 Å². The molecule has 2 aromatic rings. The lowest BCUT2D eigenvalue weighted by Gasteiger charge is -2.28. The van der Waals surface area contributed by atoms with Crippen molar-refractivity contribution in [2.75, 3.05) is 10.2 Å². The molecule has 2 heterocycles. The van der Waals surface area contributed by atoms with Gasteiger partial charge in [0.05, 0.1) is 11.3 Å². The topological polar surface area (TPSA) is 79.4 Å². The summed E-state index contributed by atoms with van der Waals surface area (Å²) < 4.78 is 0. The van der Waals surface area contributed by atoms with Gasteiger partial charge in [0.25, 0.3) is 11.7 Å². The van der Waals surface area contributed by atoms with Crippen LogP contribution in [0.25, 0.3) is 0 Å². The molecule has 4 rings (SSSR count). The van der Waals surface area contributed by atoms with Crippen molar-refractivity contribution in [2.24, 2.45) is 5.92 Å². The van der Waals surface area contributed by atoms with E-state index < -0.39 is 17.7 Å². The number of fused-ring (bicyclic) bond motifs is 1. The van der Waals surface area contributed by atoms with Crippen LogP contribution < -0.4 is 10.2 Å². The second-order valence-electron chi connectivity index (χ2n) is 6.89. The first kappa shape index (κ1) is 18.1. The Morgan fingerprint density at radius 1 is 1.33 bits per heavy atom. The molecule has 2 aliphatic rings. The molecule has 0 radical (unpaired) electrons. The van der Waals surface area contributed by atoms with Gasteiger partial charge in [-0.3, -0.25) is 19.3 Å². The third kappa shape index (κ3) is 3.49. The second-order valence-corrected chi connectivity index (χ2v) is 8.23. The Bertz CT molecular complexity index is 894. The smallest absolute Gasteiger partial charge is 0.300 e. The Morgan fingerprint density at radius 2 is 2.11 bits per heavy atom. The van der Waals surface area contributed by atoms with Crippen molar-refractivity contribution in [1.29, 1.82) is 0 Å². The first-order chi connectivity index (χ1) is 13.0. The summed E-state index contributed by atoms with van der Waals surface area (Å²) in [6, 6.07) is 4.00. The Labute approximate surface area is 165 Å². The Morgan fingerprint density at radius 3 is 2.81 bits per heavy atom. The summed E-state index contributed by atoms with van der Waals surface area (Å²) in [5, 5.41) is 5.42. The molecular formula is C19H18ClN3O3S. The first-order valence-electron chi connectivity index (χ1n) is 8.92. The lowest BCUT2D eigenvalue weighted by Crippen LogP contribution is -2.47. The lowest BCUT2D eigenvalue weighted by atomic mass is 9.96. The number of nitrogens with one attached hydrogen (secondary N) is 1. The number of halogens is 1. The number of nitrogens with zero attached hydrogens (tertiary/aromatic N) is 2. The molecule has 1 aliphatic heterocycles. The fourth-order valence-electron chi connectivity index (χ4n) is 3.91. The van der Waals surface area contributed by atoms with Crippen LogP contribution in [-0.4, -0.2) is 28.6 Å². The molecule has 1 unspecified atom stereocenters. The molecule has 140 valence electrons. The van der Waals surface area contributed by atoms with Gasteiger partial charge in [-0.1, -0.05) is 37.3 Å². The van der Waals surface area contributed by atoms with Crippen LogP contribution in [0.5, 0.6) is 0 Å². The average Bonchev–Trinajstić information content (AvgIpc) is 3.38. The average molecular weight is 404 g/mol. The van der Waals surface area contributed by atoms with E-state index in [1.807, 2.05) is 0 Å². The lowest BCUT2D eigenvalue weighted by molar-refractivity contribution is -0.121. The van der Waals surface area contributed by atoms with Crippen molar-refractivity contribution in [1.82, 2.24) is 4.98 Å². The summed E-state index contributed by atoms with van der Waals surface area (Å²) in [4.78, 5) is 43.7.